The molecule has 1 aliphatic heterocycles. The normalized spacial score (nSPS) is 18.1. The third-order valence-electron chi connectivity index (χ3n) is 11.0. The molecule has 3 aromatic rings. The van der Waals surface area contributed by atoms with Crippen molar-refractivity contribution in [3.8, 4) is 0 Å². The topological polar surface area (TPSA) is 141 Å². The molecule has 0 radical (unpaired) electrons. The number of likely N-dealkylation sites (N-methyl/N-ethyl adjacent to an activating group) is 2. The van der Waals surface area contributed by atoms with Crippen LogP contribution in [0.1, 0.15) is 106 Å². The van der Waals surface area contributed by atoms with Crippen molar-refractivity contribution in [1.29, 1.82) is 0 Å². The van der Waals surface area contributed by atoms with E-state index in [9.17, 15) is 24.3 Å². The molecule has 0 saturated carbocycles. The number of benzene rings is 2. The molecule has 1 aromatic heterocycles. The minimum absolute atomic E-state index is 0.0345. The fourth-order valence-corrected chi connectivity index (χ4v) is 8.11. The highest BCUT2D eigenvalue weighted by Crippen LogP contribution is 2.32. The number of carboxylic acids is 1. The minimum atomic E-state index is -0.917. The van der Waals surface area contributed by atoms with Crippen molar-refractivity contribution < 1.29 is 29.0 Å². The molecule has 2 heterocycles. The van der Waals surface area contributed by atoms with Crippen LogP contribution in [0.2, 0.25) is 0 Å². The number of piperidine rings is 1. The van der Waals surface area contributed by atoms with Crippen molar-refractivity contribution in [2.75, 3.05) is 20.6 Å². The SMILES string of the molecule is CCC(C)C(NC(=O)[C@H]1CCCCN1C)C(=O)N(C)C(CC(OCc1ccccc1)c1nc(C(=O)NC(Cc2ccccc2)CC(C)C(=O)O)cs1)C(C)C. The second kappa shape index (κ2) is 21.2. The summed E-state index contributed by atoms with van der Waals surface area (Å²) >= 11 is 1.33. The van der Waals surface area contributed by atoms with Gasteiger partial charge >= 0.3 is 5.97 Å². The Morgan fingerprint density at radius 3 is 2.22 bits per heavy atom. The average molecular weight is 776 g/mol. The lowest BCUT2D eigenvalue weighted by atomic mass is 9.92. The summed E-state index contributed by atoms with van der Waals surface area (Å²) in [5.74, 6) is -2.23. The number of amides is 3. The van der Waals surface area contributed by atoms with Crippen molar-refractivity contribution in [2.45, 2.75) is 116 Å². The highest BCUT2D eigenvalue weighted by Gasteiger charge is 2.37. The monoisotopic (exact) mass is 775 g/mol. The Kier molecular flexibility index (Phi) is 16.8. The van der Waals surface area contributed by atoms with E-state index in [0.29, 0.717) is 24.5 Å². The summed E-state index contributed by atoms with van der Waals surface area (Å²) in [7, 11) is 3.78. The van der Waals surface area contributed by atoms with Gasteiger partial charge in [0.15, 0.2) is 0 Å². The van der Waals surface area contributed by atoms with Crippen LogP contribution >= 0.6 is 11.3 Å². The molecular weight excluding hydrogens is 715 g/mol. The highest BCUT2D eigenvalue weighted by molar-refractivity contribution is 7.09. The summed E-state index contributed by atoms with van der Waals surface area (Å²) in [6, 6.07) is 17.9. The van der Waals surface area contributed by atoms with Crippen molar-refractivity contribution in [3.63, 3.8) is 0 Å². The second-order valence-electron chi connectivity index (χ2n) is 15.6. The Balaban J connectivity index is 1.57. The quantitative estimate of drug-likeness (QED) is 0.115. The highest BCUT2D eigenvalue weighted by atomic mass is 32.1. The van der Waals surface area contributed by atoms with Crippen molar-refractivity contribution >= 4 is 35.0 Å². The van der Waals surface area contributed by atoms with Crippen LogP contribution in [0.5, 0.6) is 0 Å². The molecule has 12 heteroatoms. The molecule has 3 N–H and O–H groups in total. The second-order valence-corrected chi connectivity index (χ2v) is 16.4. The average Bonchev–Trinajstić information content (AvgIpc) is 3.67. The number of rotatable bonds is 20. The van der Waals surface area contributed by atoms with E-state index in [4.69, 9.17) is 9.72 Å². The zero-order valence-electron chi connectivity index (χ0n) is 33.6. The molecule has 300 valence electrons. The minimum Gasteiger partial charge on any atom is -0.481 e. The number of aliphatic carboxylic acids is 1. The molecular formula is C43H61N5O6S. The molecule has 0 spiro atoms. The van der Waals surface area contributed by atoms with Crippen LogP contribution in [-0.2, 0) is 32.1 Å². The first kappa shape index (κ1) is 43.6. The largest absolute Gasteiger partial charge is 0.481 e. The van der Waals surface area contributed by atoms with E-state index in [1.54, 1.807) is 24.3 Å². The number of ether oxygens (including phenoxy) is 1. The van der Waals surface area contributed by atoms with E-state index >= 15 is 0 Å². The van der Waals surface area contributed by atoms with Crippen LogP contribution in [0.4, 0.5) is 0 Å². The lowest BCUT2D eigenvalue weighted by Crippen LogP contribution is -2.58. The molecule has 0 aliphatic carbocycles. The van der Waals surface area contributed by atoms with Gasteiger partial charge in [0.25, 0.3) is 5.91 Å². The lowest BCUT2D eigenvalue weighted by molar-refractivity contribution is -0.141. The van der Waals surface area contributed by atoms with Gasteiger partial charge in [-0.2, -0.15) is 0 Å². The van der Waals surface area contributed by atoms with Crippen LogP contribution in [0, 0.1) is 17.8 Å². The number of likely N-dealkylation sites (tertiary alicyclic amines) is 1. The number of carboxylic acid groups (broad SMARTS) is 1. The van der Waals surface area contributed by atoms with Gasteiger partial charge in [0.1, 0.15) is 22.8 Å². The molecule has 0 bridgehead atoms. The number of aromatic nitrogens is 1. The molecule has 7 atom stereocenters. The standard InChI is InChI=1S/C43H61N5O6S/c1-8-29(4)38(46-40(50)35-21-15-16-22-47(35)6)42(51)48(7)36(28(2)3)25-37(54-26-32-19-13-10-14-20-32)41-45-34(27-55-41)39(49)44-33(23-30(5)43(52)53)24-31-17-11-9-12-18-31/h9-14,17-20,27-30,33,35-38H,8,15-16,21-26H2,1-7H3,(H,44,49)(H,46,50)(H,52,53)/t29?,30?,33?,35-,36?,37?,38?/m1/s1. The van der Waals surface area contributed by atoms with Crippen LogP contribution in [-0.4, -0.2) is 88.4 Å². The molecule has 6 unspecified atom stereocenters. The van der Waals surface area contributed by atoms with Gasteiger partial charge in [-0.05, 0) is 62.2 Å². The molecule has 4 rings (SSSR count). The first-order valence-corrected chi connectivity index (χ1v) is 20.6. The van der Waals surface area contributed by atoms with Crippen LogP contribution in [0.15, 0.2) is 66.0 Å². The van der Waals surface area contributed by atoms with E-state index in [-0.39, 0.29) is 53.8 Å². The third kappa shape index (κ3) is 12.7. The van der Waals surface area contributed by atoms with E-state index in [0.717, 1.165) is 43.4 Å². The van der Waals surface area contributed by atoms with E-state index in [1.165, 1.54) is 11.3 Å². The van der Waals surface area contributed by atoms with Crippen molar-refractivity contribution in [2.24, 2.45) is 17.8 Å². The van der Waals surface area contributed by atoms with Gasteiger partial charge in [0.2, 0.25) is 11.8 Å². The Labute approximate surface area is 331 Å². The molecule has 1 aliphatic rings. The van der Waals surface area contributed by atoms with Gasteiger partial charge < -0.3 is 25.4 Å². The van der Waals surface area contributed by atoms with E-state index < -0.39 is 30.1 Å². The zero-order valence-corrected chi connectivity index (χ0v) is 34.4. The lowest BCUT2D eigenvalue weighted by Gasteiger charge is -2.38. The number of carbonyl (C=O) groups is 4. The van der Waals surface area contributed by atoms with E-state index in [1.807, 2.05) is 81.6 Å². The summed E-state index contributed by atoms with van der Waals surface area (Å²) in [4.78, 5) is 62.0. The Hall–Kier alpha value is -4.13. The number of hydrogen-bond donors (Lipinski definition) is 3. The molecule has 1 fully saturated rings. The predicted octanol–water partition coefficient (Wildman–Crippen LogP) is 6.74. The van der Waals surface area contributed by atoms with Gasteiger partial charge in [-0.3, -0.25) is 24.1 Å². The molecule has 3 amide bonds. The van der Waals surface area contributed by atoms with Gasteiger partial charge in [-0.25, -0.2) is 4.98 Å². The zero-order chi connectivity index (χ0) is 40.1. The molecule has 11 nitrogen and oxygen atoms in total. The third-order valence-corrected chi connectivity index (χ3v) is 11.9. The number of nitrogens with one attached hydrogen (secondary N) is 2. The molecule has 2 aromatic carbocycles. The Morgan fingerprint density at radius 1 is 0.964 bits per heavy atom. The summed E-state index contributed by atoms with van der Waals surface area (Å²) in [6.45, 7) is 11.0. The smallest absolute Gasteiger partial charge is 0.306 e. The van der Waals surface area contributed by atoms with Gasteiger partial charge in [0.05, 0.1) is 18.6 Å². The maximum Gasteiger partial charge on any atom is 0.306 e. The predicted molar refractivity (Wildman–Crippen MR) is 217 cm³/mol. The fourth-order valence-electron chi connectivity index (χ4n) is 7.25. The van der Waals surface area contributed by atoms with Crippen LogP contribution in [0.3, 0.4) is 0 Å². The number of carbonyl (C=O) groups excluding carboxylic acids is 3. The first-order chi connectivity index (χ1) is 26.3. The van der Waals surface area contributed by atoms with E-state index in [2.05, 4.69) is 29.4 Å². The van der Waals surface area contributed by atoms with Gasteiger partial charge in [-0.15, -0.1) is 11.3 Å². The number of hydrogen-bond acceptors (Lipinski definition) is 8. The Morgan fingerprint density at radius 2 is 1.62 bits per heavy atom. The van der Waals surface area contributed by atoms with Crippen LogP contribution in [0.25, 0.3) is 0 Å². The summed E-state index contributed by atoms with van der Waals surface area (Å²) in [5, 5.41) is 18.1. The summed E-state index contributed by atoms with van der Waals surface area (Å²) in [6.07, 6.45) is 4.17. The van der Waals surface area contributed by atoms with Crippen molar-refractivity contribution in [3.05, 3.63) is 87.9 Å². The first-order valence-electron chi connectivity index (χ1n) is 19.7. The summed E-state index contributed by atoms with van der Waals surface area (Å²) in [5.41, 5.74) is 2.21. The Bertz CT molecular complexity index is 1670. The summed E-state index contributed by atoms with van der Waals surface area (Å²) < 4.78 is 6.58. The van der Waals surface area contributed by atoms with Gasteiger partial charge in [0, 0.05) is 30.9 Å². The number of thiazole rings is 1. The van der Waals surface area contributed by atoms with Crippen LogP contribution < -0.4 is 10.6 Å². The maximum absolute atomic E-state index is 14.4. The fraction of sp³-hybridized carbons (Fsp3) is 0.558. The molecule has 1 saturated heterocycles. The number of nitrogens with zero attached hydrogens (tertiary/aromatic N) is 3. The van der Waals surface area contributed by atoms with Gasteiger partial charge in [-0.1, -0.05) is 108 Å². The molecule has 55 heavy (non-hydrogen) atoms. The van der Waals surface area contributed by atoms with Crippen molar-refractivity contribution in [1.82, 2.24) is 25.4 Å². The maximum atomic E-state index is 14.4.